The van der Waals surface area contributed by atoms with Gasteiger partial charge in [-0.25, -0.2) is 0 Å². The van der Waals surface area contributed by atoms with Crippen LogP contribution in [0.25, 0.3) is 0 Å². The molecule has 1 saturated heterocycles. The summed E-state index contributed by atoms with van der Waals surface area (Å²) in [5, 5.41) is 0. The minimum absolute atomic E-state index is 0.193. The minimum atomic E-state index is -0.208. The zero-order chi connectivity index (χ0) is 20.3. The number of rotatable bonds is 6. The van der Waals surface area contributed by atoms with Crippen molar-refractivity contribution in [2.24, 2.45) is 5.92 Å². The van der Waals surface area contributed by atoms with Crippen LogP contribution in [0, 0.1) is 19.8 Å². The van der Waals surface area contributed by atoms with Crippen molar-refractivity contribution >= 4 is 42.0 Å². The van der Waals surface area contributed by atoms with Crippen molar-refractivity contribution < 1.29 is 19.1 Å². The van der Waals surface area contributed by atoms with E-state index in [4.69, 9.17) is 9.47 Å². The van der Waals surface area contributed by atoms with Gasteiger partial charge in [0.25, 0.3) is 0 Å². The lowest BCUT2D eigenvalue weighted by atomic mass is 9.86. The Morgan fingerprint density at radius 2 is 1.96 bits per heavy atom. The number of carbonyl (C=O) groups excluding carboxylic acids is 2. The van der Waals surface area contributed by atoms with E-state index >= 15 is 0 Å². The van der Waals surface area contributed by atoms with Crippen molar-refractivity contribution in [2.45, 2.75) is 57.9 Å². The highest BCUT2D eigenvalue weighted by atomic mass is 127. The van der Waals surface area contributed by atoms with Gasteiger partial charge in [-0.05, 0) is 67.3 Å². The van der Waals surface area contributed by atoms with Crippen LogP contribution in [0.15, 0.2) is 4.90 Å². The monoisotopic (exact) mass is 517 g/mol. The average Bonchev–Trinajstić information content (AvgIpc) is 2.68. The Morgan fingerprint density at radius 3 is 2.61 bits per heavy atom. The standard InChI is InChI=1S/C21H28INO4S/c1-4-27-20(25)10-17-13(2)16-9-19(24)23(11-15-5-7-26-8-6-15)12-18(16)14(3)21(17)28-22/h15H,4-12H2,1-3H3. The molecule has 1 aromatic carbocycles. The molecule has 0 aromatic heterocycles. The third-order valence-corrected chi connectivity index (χ3v) is 7.92. The summed E-state index contributed by atoms with van der Waals surface area (Å²) < 4.78 is 10.6. The summed E-state index contributed by atoms with van der Waals surface area (Å²) in [6, 6.07) is 0. The van der Waals surface area contributed by atoms with Crippen molar-refractivity contribution in [1.82, 2.24) is 4.90 Å². The van der Waals surface area contributed by atoms with Crippen molar-refractivity contribution in [1.29, 1.82) is 0 Å². The SMILES string of the molecule is CCOC(=O)Cc1c(C)c2c(c(C)c1SI)CN(CC1CCOCC1)C(=O)C2. The van der Waals surface area contributed by atoms with Crippen LogP contribution < -0.4 is 0 Å². The summed E-state index contributed by atoms with van der Waals surface area (Å²) in [4.78, 5) is 28.2. The highest BCUT2D eigenvalue weighted by Gasteiger charge is 2.31. The Bertz CT molecular complexity index is 762. The van der Waals surface area contributed by atoms with E-state index in [1.165, 1.54) is 11.1 Å². The molecule has 0 unspecified atom stereocenters. The van der Waals surface area contributed by atoms with Gasteiger partial charge in [0.05, 0.1) is 19.4 Å². The Morgan fingerprint density at radius 1 is 1.25 bits per heavy atom. The molecule has 0 bridgehead atoms. The molecule has 0 aliphatic carbocycles. The van der Waals surface area contributed by atoms with Gasteiger partial charge in [-0.15, -0.1) is 0 Å². The van der Waals surface area contributed by atoms with Gasteiger partial charge >= 0.3 is 5.97 Å². The Hall–Kier alpha value is -0.800. The molecule has 154 valence electrons. The number of hydrogen-bond acceptors (Lipinski definition) is 5. The molecule has 28 heavy (non-hydrogen) atoms. The summed E-state index contributed by atoms with van der Waals surface area (Å²) in [6.45, 7) is 9.46. The van der Waals surface area contributed by atoms with Crippen LogP contribution in [0.3, 0.4) is 0 Å². The first-order chi connectivity index (χ1) is 13.5. The van der Waals surface area contributed by atoms with E-state index in [1.54, 1.807) is 8.93 Å². The lowest BCUT2D eigenvalue weighted by Gasteiger charge is -2.35. The second kappa shape index (κ2) is 9.80. The molecule has 0 atom stereocenters. The number of fused-ring (bicyclic) bond motifs is 1. The smallest absolute Gasteiger partial charge is 0.310 e. The van der Waals surface area contributed by atoms with Gasteiger partial charge in [0, 0.05) is 52.4 Å². The first-order valence-corrected chi connectivity index (χ1v) is 13.3. The molecule has 0 saturated carbocycles. The number of carbonyl (C=O) groups is 2. The predicted molar refractivity (Wildman–Crippen MR) is 119 cm³/mol. The third kappa shape index (κ3) is 4.67. The van der Waals surface area contributed by atoms with Gasteiger partial charge in [-0.3, -0.25) is 9.59 Å². The van der Waals surface area contributed by atoms with Gasteiger partial charge in [-0.2, -0.15) is 0 Å². The molecule has 2 heterocycles. The molecule has 5 nitrogen and oxygen atoms in total. The molecule has 7 heteroatoms. The van der Waals surface area contributed by atoms with E-state index in [2.05, 4.69) is 28.1 Å². The van der Waals surface area contributed by atoms with Gasteiger partial charge in [0.1, 0.15) is 0 Å². The van der Waals surface area contributed by atoms with E-state index in [-0.39, 0.29) is 18.3 Å². The number of hydrogen-bond donors (Lipinski definition) is 0. The lowest BCUT2D eigenvalue weighted by Crippen LogP contribution is -2.41. The average molecular weight is 517 g/mol. The van der Waals surface area contributed by atoms with Crippen LogP contribution in [0.1, 0.15) is 47.6 Å². The fraction of sp³-hybridized carbons (Fsp3) is 0.619. The number of esters is 1. The topological polar surface area (TPSA) is 55.8 Å². The van der Waals surface area contributed by atoms with E-state index in [0.29, 0.717) is 25.5 Å². The fourth-order valence-electron chi connectivity index (χ4n) is 4.24. The van der Waals surface area contributed by atoms with Crippen LogP contribution in [0.5, 0.6) is 0 Å². The number of amides is 1. The lowest BCUT2D eigenvalue weighted by molar-refractivity contribution is -0.142. The summed E-state index contributed by atoms with van der Waals surface area (Å²) in [7, 11) is 1.65. The first kappa shape index (κ1) is 21.9. The third-order valence-electron chi connectivity index (χ3n) is 5.89. The normalized spacial score (nSPS) is 17.6. The second-order valence-electron chi connectivity index (χ2n) is 7.58. The number of nitrogens with zero attached hydrogens (tertiary/aromatic N) is 1. The van der Waals surface area contributed by atoms with E-state index < -0.39 is 0 Å². The van der Waals surface area contributed by atoms with Crippen LogP contribution in [-0.4, -0.2) is 43.1 Å². The number of halogens is 1. The molecule has 1 amide bonds. The molecule has 1 fully saturated rings. The van der Waals surface area contributed by atoms with E-state index in [9.17, 15) is 9.59 Å². The van der Waals surface area contributed by atoms with E-state index in [0.717, 1.165) is 54.2 Å². The van der Waals surface area contributed by atoms with Crippen molar-refractivity contribution in [2.75, 3.05) is 26.4 Å². The summed E-state index contributed by atoms with van der Waals surface area (Å²) in [5.41, 5.74) is 5.66. The van der Waals surface area contributed by atoms with Crippen LogP contribution in [-0.2, 0) is 38.4 Å². The molecule has 0 N–H and O–H groups in total. The predicted octanol–water partition coefficient (Wildman–Crippen LogP) is 4.16. The second-order valence-corrected chi connectivity index (χ2v) is 9.46. The largest absolute Gasteiger partial charge is 0.466 e. The van der Waals surface area contributed by atoms with Crippen molar-refractivity contribution in [3.63, 3.8) is 0 Å². The Kier molecular flexibility index (Phi) is 7.67. The number of benzene rings is 1. The minimum Gasteiger partial charge on any atom is -0.466 e. The maximum Gasteiger partial charge on any atom is 0.310 e. The summed E-state index contributed by atoms with van der Waals surface area (Å²) in [6.07, 6.45) is 2.75. The van der Waals surface area contributed by atoms with Gasteiger partial charge < -0.3 is 14.4 Å². The highest BCUT2D eigenvalue weighted by molar-refractivity contribution is 14.2. The maximum atomic E-state index is 12.9. The zero-order valence-electron chi connectivity index (χ0n) is 16.8. The van der Waals surface area contributed by atoms with Crippen molar-refractivity contribution in [3.05, 3.63) is 27.8 Å². The molecule has 0 spiro atoms. The molecule has 2 aliphatic heterocycles. The summed E-state index contributed by atoms with van der Waals surface area (Å²) in [5.74, 6) is 0.514. The van der Waals surface area contributed by atoms with Crippen LogP contribution in [0.4, 0.5) is 0 Å². The fourth-order valence-corrected chi connectivity index (χ4v) is 6.59. The molecule has 0 radical (unpaired) electrons. The highest BCUT2D eigenvalue weighted by Crippen LogP contribution is 2.40. The maximum absolute atomic E-state index is 12.9. The van der Waals surface area contributed by atoms with Gasteiger partial charge in [0.2, 0.25) is 5.91 Å². The Balaban J connectivity index is 1.90. The quantitative estimate of drug-likeness (QED) is 0.419. The van der Waals surface area contributed by atoms with Crippen molar-refractivity contribution in [3.8, 4) is 0 Å². The molecular weight excluding hydrogens is 489 g/mol. The first-order valence-electron chi connectivity index (χ1n) is 9.89. The van der Waals surface area contributed by atoms with E-state index in [1.807, 2.05) is 18.7 Å². The molecule has 2 aliphatic rings. The molecular formula is C21H28INO4S. The van der Waals surface area contributed by atoms with Crippen LogP contribution >= 0.6 is 30.1 Å². The molecule has 3 rings (SSSR count). The molecule has 1 aromatic rings. The number of ether oxygens (including phenoxy) is 2. The van der Waals surface area contributed by atoms with Gasteiger partial charge in [0.15, 0.2) is 0 Å². The van der Waals surface area contributed by atoms with Gasteiger partial charge in [-0.1, -0.05) is 8.93 Å². The zero-order valence-corrected chi connectivity index (χ0v) is 19.8. The summed E-state index contributed by atoms with van der Waals surface area (Å²) >= 11 is 2.29. The Labute approximate surface area is 183 Å². The van der Waals surface area contributed by atoms with Crippen LogP contribution in [0.2, 0.25) is 0 Å².